The molecule has 0 radical (unpaired) electrons. The number of hydrogen-bond donors (Lipinski definition) is 1. The maximum atomic E-state index is 3.26. The molecule has 2 heteroatoms. The average molecular weight is 186 g/mol. The Morgan fingerprint density at radius 3 is 2.08 bits per heavy atom. The minimum Gasteiger partial charge on any atom is -0.316 e. The van der Waals surface area contributed by atoms with Crippen molar-refractivity contribution in [1.82, 2.24) is 10.2 Å². The molecule has 0 aromatic rings. The van der Waals surface area contributed by atoms with E-state index in [-0.39, 0.29) is 0 Å². The van der Waals surface area contributed by atoms with Crippen molar-refractivity contribution in [1.29, 1.82) is 0 Å². The third kappa shape index (κ3) is 6.05. The van der Waals surface area contributed by atoms with E-state index in [0.717, 1.165) is 12.5 Å². The Morgan fingerprint density at radius 2 is 1.69 bits per heavy atom. The van der Waals surface area contributed by atoms with Crippen LogP contribution in [-0.4, -0.2) is 37.6 Å². The Kier molecular flexibility index (Phi) is 6.35. The van der Waals surface area contributed by atoms with Crippen molar-refractivity contribution in [2.75, 3.05) is 20.6 Å². The van der Waals surface area contributed by atoms with Gasteiger partial charge in [0.15, 0.2) is 0 Å². The molecular weight excluding hydrogens is 160 g/mol. The summed E-state index contributed by atoms with van der Waals surface area (Å²) in [7, 11) is 4.23. The lowest BCUT2D eigenvalue weighted by Crippen LogP contribution is -2.40. The van der Waals surface area contributed by atoms with E-state index in [0.29, 0.717) is 12.1 Å². The predicted octanol–water partition coefficient (Wildman–Crippen LogP) is 1.96. The van der Waals surface area contributed by atoms with Gasteiger partial charge in [0.05, 0.1) is 0 Å². The van der Waals surface area contributed by atoms with Gasteiger partial charge in [0, 0.05) is 18.6 Å². The maximum absolute atomic E-state index is 3.26. The fraction of sp³-hybridized carbons (Fsp3) is 1.00. The zero-order valence-electron chi connectivity index (χ0n) is 10.1. The zero-order valence-corrected chi connectivity index (χ0v) is 10.1. The number of hydrogen-bond acceptors (Lipinski definition) is 2. The van der Waals surface area contributed by atoms with Crippen molar-refractivity contribution in [3.8, 4) is 0 Å². The van der Waals surface area contributed by atoms with Crippen molar-refractivity contribution >= 4 is 0 Å². The van der Waals surface area contributed by atoms with Gasteiger partial charge in [-0.3, -0.25) is 0 Å². The van der Waals surface area contributed by atoms with E-state index in [2.05, 4.69) is 45.0 Å². The van der Waals surface area contributed by atoms with Crippen LogP contribution in [0.25, 0.3) is 0 Å². The van der Waals surface area contributed by atoms with Gasteiger partial charge in [0.2, 0.25) is 0 Å². The summed E-state index contributed by atoms with van der Waals surface area (Å²) in [6.45, 7) is 10.2. The molecule has 0 rings (SSSR count). The Morgan fingerprint density at radius 1 is 1.15 bits per heavy atom. The van der Waals surface area contributed by atoms with E-state index in [1.807, 2.05) is 7.05 Å². The molecular formula is C11H26N2. The fourth-order valence-electron chi connectivity index (χ4n) is 1.57. The SMILES string of the molecule is CNC(C)CN(C)C(C)CC(C)C. The summed E-state index contributed by atoms with van der Waals surface area (Å²) < 4.78 is 0. The highest BCUT2D eigenvalue weighted by Crippen LogP contribution is 2.09. The van der Waals surface area contributed by atoms with Crippen LogP contribution in [0.1, 0.15) is 34.1 Å². The standard InChI is InChI=1S/C11H26N2/c1-9(2)7-11(4)13(6)8-10(3)12-5/h9-12H,7-8H2,1-6H3. The van der Waals surface area contributed by atoms with Gasteiger partial charge in [0.25, 0.3) is 0 Å². The van der Waals surface area contributed by atoms with Crippen LogP contribution in [0, 0.1) is 5.92 Å². The Labute approximate surface area is 83.7 Å². The van der Waals surface area contributed by atoms with Crippen LogP contribution >= 0.6 is 0 Å². The number of rotatable bonds is 6. The molecule has 0 spiro atoms. The van der Waals surface area contributed by atoms with Crippen LogP contribution in [0.5, 0.6) is 0 Å². The van der Waals surface area contributed by atoms with Crippen LogP contribution < -0.4 is 5.32 Å². The number of nitrogens with zero attached hydrogens (tertiary/aromatic N) is 1. The molecule has 2 unspecified atom stereocenters. The highest BCUT2D eigenvalue weighted by atomic mass is 15.1. The minimum absolute atomic E-state index is 0.583. The van der Waals surface area contributed by atoms with Gasteiger partial charge in [0.1, 0.15) is 0 Å². The van der Waals surface area contributed by atoms with E-state index in [4.69, 9.17) is 0 Å². The summed E-state index contributed by atoms with van der Waals surface area (Å²) in [4.78, 5) is 2.43. The molecule has 0 saturated carbocycles. The molecule has 13 heavy (non-hydrogen) atoms. The van der Waals surface area contributed by atoms with Crippen molar-refractivity contribution in [3.63, 3.8) is 0 Å². The highest BCUT2D eigenvalue weighted by Gasteiger charge is 2.12. The maximum Gasteiger partial charge on any atom is 0.0163 e. The largest absolute Gasteiger partial charge is 0.316 e. The quantitative estimate of drug-likeness (QED) is 0.682. The monoisotopic (exact) mass is 186 g/mol. The molecule has 0 amide bonds. The topological polar surface area (TPSA) is 15.3 Å². The summed E-state index contributed by atoms with van der Waals surface area (Å²) in [6, 6.07) is 1.27. The van der Waals surface area contributed by atoms with E-state index >= 15 is 0 Å². The van der Waals surface area contributed by atoms with Gasteiger partial charge in [-0.1, -0.05) is 13.8 Å². The fourth-order valence-corrected chi connectivity index (χ4v) is 1.57. The second-order valence-electron chi connectivity index (χ2n) is 4.61. The first-order chi connectivity index (χ1) is 5.97. The number of likely N-dealkylation sites (N-methyl/N-ethyl adjacent to an activating group) is 2. The molecule has 0 aromatic heterocycles. The predicted molar refractivity (Wildman–Crippen MR) is 60.1 cm³/mol. The first-order valence-corrected chi connectivity index (χ1v) is 5.34. The van der Waals surface area contributed by atoms with Crippen LogP contribution in [0.3, 0.4) is 0 Å². The summed E-state index contributed by atoms with van der Waals surface area (Å²) in [5.74, 6) is 0.794. The summed E-state index contributed by atoms with van der Waals surface area (Å²) in [5, 5.41) is 3.26. The second kappa shape index (κ2) is 6.39. The van der Waals surface area contributed by atoms with Crippen LogP contribution in [-0.2, 0) is 0 Å². The Bertz CT molecular complexity index is 123. The van der Waals surface area contributed by atoms with E-state index < -0.39 is 0 Å². The second-order valence-corrected chi connectivity index (χ2v) is 4.61. The molecule has 0 saturated heterocycles. The van der Waals surface area contributed by atoms with E-state index in [1.54, 1.807) is 0 Å². The molecule has 1 N–H and O–H groups in total. The first kappa shape index (κ1) is 12.9. The van der Waals surface area contributed by atoms with Gasteiger partial charge in [-0.15, -0.1) is 0 Å². The van der Waals surface area contributed by atoms with Gasteiger partial charge >= 0.3 is 0 Å². The summed E-state index contributed by atoms with van der Waals surface area (Å²) in [5.41, 5.74) is 0. The van der Waals surface area contributed by atoms with Crippen molar-refractivity contribution in [3.05, 3.63) is 0 Å². The average Bonchev–Trinajstić information content (AvgIpc) is 2.02. The molecule has 2 nitrogen and oxygen atoms in total. The Balaban J connectivity index is 3.74. The number of nitrogens with one attached hydrogen (secondary N) is 1. The summed E-state index contributed by atoms with van der Waals surface area (Å²) in [6.07, 6.45) is 1.28. The van der Waals surface area contributed by atoms with Gasteiger partial charge in [-0.05, 0) is 40.3 Å². The molecule has 80 valence electrons. The van der Waals surface area contributed by atoms with Crippen LogP contribution in [0.2, 0.25) is 0 Å². The molecule has 0 fully saturated rings. The molecule has 0 bridgehead atoms. The zero-order chi connectivity index (χ0) is 10.4. The lowest BCUT2D eigenvalue weighted by atomic mass is 10.0. The summed E-state index contributed by atoms with van der Waals surface area (Å²) >= 11 is 0. The van der Waals surface area contributed by atoms with E-state index in [1.165, 1.54) is 6.42 Å². The highest BCUT2D eigenvalue weighted by molar-refractivity contribution is 4.69. The normalized spacial score (nSPS) is 16.6. The molecule has 0 heterocycles. The minimum atomic E-state index is 0.583. The molecule has 0 aliphatic carbocycles. The third-order valence-corrected chi connectivity index (χ3v) is 2.62. The lowest BCUT2D eigenvalue weighted by molar-refractivity contribution is 0.212. The first-order valence-electron chi connectivity index (χ1n) is 5.34. The molecule has 2 atom stereocenters. The van der Waals surface area contributed by atoms with Gasteiger partial charge in [-0.2, -0.15) is 0 Å². The third-order valence-electron chi connectivity index (χ3n) is 2.62. The van der Waals surface area contributed by atoms with Gasteiger partial charge < -0.3 is 10.2 Å². The molecule has 0 aliphatic heterocycles. The van der Waals surface area contributed by atoms with Crippen molar-refractivity contribution in [2.45, 2.75) is 46.2 Å². The van der Waals surface area contributed by atoms with Crippen molar-refractivity contribution in [2.24, 2.45) is 5.92 Å². The van der Waals surface area contributed by atoms with Gasteiger partial charge in [-0.25, -0.2) is 0 Å². The molecule has 0 aliphatic rings. The van der Waals surface area contributed by atoms with E-state index in [9.17, 15) is 0 Å². The lowest BCUT2D eigenvalue weighted by Gasteiger charge is -2.28. The van der Waals surface area contributed by atoms with Crippen molar-refractivity contribution < 1.29 is 0 Å². The van der Waals surface area contributed by atoms with Crippen LogP contribution in [0.4, 0.5) is 0 Å². The smallest absolute Gasteiger partial charge is 0.0163 e. The molecule has 0 aromatic carbocycles. The van der Waals surface area contributed by atoms with Crippen LogP contribution in [0.15, 0.2) is 0 Å². The Hall–Kier alpha value is -0.0800.